The van der Waals surface area contributed by atoms with Crippen LogP contribution >= 0.6 is 11.6 Å². The van der Waals surface area contributed by atoms with Crippen LogP contribution in [0.5, 0.6) is 0 Å². The van der Waals surface area contributed by atoms with E-state index in [1.54, 1.807) is 24.3 Å². The first kappa shape index (κ1) is 10.1. The molecule has 1 aromatic heterocycles. The molecule has 0 amide bonds. The van der Waals surface area contributed by atoms with Crippen molar-refractivity contribution in [2.45, 2.75) is 6.92 Å². The molecular weight excluding hydrogens is 213 g/mol. The minimum absolute atomic E-state index is 0.306. The Hall–Kier alpha value is -1.41. The van der Waals surface area contributed by atoms with Crippen LogP contribution in [0.15, 0.2) is 30.3 Å². The summed E-state index contributed by atoms with van der Waals surface area (Å²) in [5.41, 5.74) is 1.88. The zero-order valence-corrected chi connectivity index (χ0v) is 8.85. The molecule has 75 valence electrons. The molecule has 2 aromatic rings. The molecule has 2 rings (SSSR count). The molecule has 0 aliphatic rings. The Morgan fingerprint density at radius 1 is 1.40 bits per heavy atom. The van der Waals surface area contributed by atoms with E-state index in [0.29, 0.717) is 16.3 Å². The van der Waals surface area contributed by atoms with Crippen molar-refractivity contribution in [3.63, 3.8) is 0 Å². The van der Waals surface area contributed by atoms with Crippen molar-refractivity contribution in [3.8, 4) is 11.1 Å². The Kier molecular flexibility index (Phi) is 2.69. The van der Waals surface area contributed by atoms with Crippen molar-refractivity contribution < 1.29 is 4.39 Å². The molecule has 0 saturated carbocycles. The van der Waals surface area contributed by atoms with E-state index in [4.69, 9.17) is 11.6 Å². The molecule has 0 aliphatic carbocycles. The van der Waals surface area contributed by atoms with Crippen molar-refractivity contribution in [3.05, 3.63) is 53.1 Å². The van der Waals surface area contributed by atoms with E-state index in [0.717, 1.165) is 5.69 Å². The van der Waals surface area contributed by atoms with E-state index in [-0.39, 0.29) is 5.82 Å². The van der Waals surface area contributed by atoms with E-state index >= 15 is 0 Å². The fraction of sp³-hybridized carbons (Fsp3) is 0.0833. The summed E-state index contributed by atoms with van der Waals surface area (Å²) in [6.45, 7) is 1.82. The van der Waals surface area contributed by atoms with Crippen LogP contribution in [0.1, 0.15) is 5.69 Å². The van der Waals surface area contributed by atoms with Gasteiger partial charge < -0.3 is 0 Å². The Bertz CT molecular complexity index is 476. The van der Waals surface area contributed by atoms with Crippen LogP contribution in [-0.4, -0.2) is 4.98 Å². The fourth-order valence-electron chi connectivity index (χ4n) is 1.41. The Balaban J connectivity index is 2.59. The van der Waals surface area contributed by atoms with E-state index in [1.165, 1.54) is 6.07 Å². The molecule has 0 N–H and O–H groups in total. The number of rotatable bonds is 1. The molecule has 3 heteroatoms. The van der Waals surface area contributed by atoms with E-state index in [2.05, 4.69) is 11.1 Å². The van der Waals surface area contributed by atoms with Gasteiger partial charge in [0.1, 0.15) is 11.0 Å². The highest BCUT2D eigenvalue weighted by molar-refractivity contribution is 6.29. The van der Waals surface area contributed by atoms with Crippen molar-refractivity contribution in [2.24, 2.45) is 0 Å². The molecule has 1 aromatic carbocycles. The summed E-state index contributed by atoms with van der Waals surface area (Å²) in [7, 11) is 0. The summed E-state index contributed by atoms with van der Waals surface area (Å²) >= 11 is 5.80. The van der Waals surface area contributed by atoms with Crippen LogP contribution in [0.2, 0.25) is 5.15 Å². The van der Waals surface area contributed by atoms with Crippen LogP contribution in [0.3, 0.4) is 0 Å². The number of hydrogen-bond acceptors (Lipinski definition) is 1. The molecule has 0 fully saturated rings. The van der Waals surface area contributed by atoms with Crippen LogP contribution in [0, 0.1) is 18.8 Å². The summed E-state index contributed by atoms with van der Waals surface area (Å²) in [4.78, 5) is 4.02. The lowest BCUT2D eigenvalue weighted by Gasteiger charge is -2.04. The molecule has 0 spiro atoms. The van der Waals surface area contributed by atoms with Crippen LogP contribution in [0.25, 0.3) is 11.1 Å². The van der Waals surface area contributed by atoms with E-state index in [1.807, 2.05) is 6.92 Å². The lowest BCUT2D eigenvalue weighted by atomic mass is 10.1. The van der Waals surface area contributed by atoms with Gasteiger partial charge in [0.2, 0.25) is 0 Å². The normalized spacial score (nSPS) is 10.3. The third kappa shape index (κ3) is 2.16. The van der Waals surface area contributed by atoms with Gasteiger partial charge in [-0.2, -0.15) is 0 Å². The second kappa shape index (κ2) is 3.99. The maximum atomic E-state index is 13.4. The predicted molar refractivity (Wildman–Crippen MR) is 58.2 cm³/mol. The number of hydrogen-bond donors (Lipinski definition) is 0. The molecule has 0 saturated heterocycles. The zero-order chi connectivity index (χ0) is 10.8. The largest absolute Gasteiger partial charge is 0.241 e. The Labute approximate surface area is 92.5 Å². The fourth-order valence-corrected chi connectivity index (χ4v) is 1.66. The van der Waals surface area contributed by atoms with Gasteiger partial charge in [0, 0.05) is 11.3 Å². The lowest BCUT2D eigenvalue weighted by Crippen LogP contribution is -1.88. The van der Waals surface area contributed by atoms with Gasteiger partial charge in [0.15, 0.2) is 0 Å². The first-order valence-corrected chi connectivity index (χ1v) is 4.85. The van der Waals surface area contributed by atoms with E-state index < -0.39 is 0 Å². The quantitative estimate of drug-likeness (QED) is 0.669. The summed E-state index contributed by atoms with van der Waals surface area (Å²) < 4.78 is 13.4. The number of aromatic nitrogens is 1. The lowest BCUT2D eigenvalue weighted by molar-refractivity contribution is 0.631. The number of nitrogens with zero attached hydrogens (tertiary/aromatic N) is 1. The van der Waals surface area contributed by atoms with Gasteiger partial charge in [-0.25, -0.2) is 9.37 Å². The van der Waals surface area contributed by atoms with Gasteiger partial charge in [-0.3, -0.25) is 0 Å². The molecule has 15 heavy (non-hydrogen) atoms. The number of halogens is 2. The SMILES string of the molecule is Cc1cc(-c2[c]cccc2F)cc(Cl)n1. The summed E-state index contributed by atoms with van der Waals surface area (Å²) in [5.74, 6) is -0.306. The molecule has 0 atom stereocenters. The highest BCUT2D eigenvalue weighted by atomic mass is 35.5. The van der Waals surface area contributed by atoms with Crippen molar-refractivity contribution in [1.29, 1.82) is 0 Å². The Morgan fingerprint density at radius 3 is 2.87 bits per heavy atom. The maximum absolute atomic E-state index is 13.4. The van der Waals surface area contributed by atoms with Crippen molar-refractivity contribution in [1.82, 2.24) is 4.98 Å². The van der Waals surface area contributed by atoms with Gasteiger partial charge >= 0.3 is 0 Å². The molecule has 1 nitrogen and oxygen atoms in total. The number of aryl methyl sites for hydroxylation is 1. The topological polar surface area (TPSA) is 12.9 Å². The molecule has 0 aliphatic heterocycles. The molecule has 0 bridgehead atoms. The third-order valence-corrected chi connectivity index (χ3v) is 2.21. The van der Waals surface area contributed by atoms with Crippen LogP contribution in [-0.2, 0) is 0 Å². The minimum atomic E-state index is -0.306. The first-order valence-electron chi connectivity index (χ1n) is 4.47. The van der Waals surface area contributed by atoms with Gasteiger partial charge in [0.05, 0.1) is 0 Å². The maximum Gasteiger partial charge on any atom is 0.131 e. The minimum Gasteiger partial charge on any atom is -0.241 e. The highest BCUT2D eigenvalue weighted by Crippen LogP contribution is 2.24. The standard InChI is InChI=1S/C12H8ClFN/c1-8-6-9(7-12(13)15-8)10-4-2-3-5-11(10)14/h2-3,5-7H,1H3. The molecular formula is C12H8ClFN. The van der Waals surface area contributed by atoms with Crippen molar-refractivity contribution >= 4 is 11.6 Å². The van der Waals surface area contributed by atoms with Gasteiger partial charge in [0.25, 0.3) is 0 Å². The first-order chi connectivity index (χ1) is 7.16. The van der Waals surface area contributed by atoms with Crippen LogP contribution < -0.4 is 0 Å². The van der Waals surface area contributed by atoms with Gasteiger partial charge in [-0.1, -0.05) is 23.7 Å². The monoisotopic (exact) mass is 220 g/mol. The average molecular weight is 221 g/mol. The Morgan fingerprint density at radius 2 is 2.20 bits per heavy atom. The molecule has 0 unspecified atom stereocenters. The van der Waals surface area contributed by atoms with Crippen LogP contribution in [0.4, 0.5) is 4.39 Å². The summed E-state index contributed by atoms with van der Waals surface area (Å²) in [6.07, 6.45) is 0. The molecule has 1 radical (unpaired) electrons. The second-order valence-corrected chi connectivity index (χ2v) is 3.60. The third-order valence-electron chi connectivity index (χ3n) is 2.02. The summed E-state index contributed by atoms with van der Waals surface area (Å²) in [5, 5.41) is 0.363. The zero-order valence-electron chi connectivity index (χ0n) is 8.09. The average Bonchev–Trinajstić information content (AvgIpc) is 2.16. The van der Waals surface area contributed by atoms with E-state index in [9.17, 15) is 4.39 Å². The second-order valence-electron chi connectivity index (χ2n) is 3.21. The smallest absolute Gasteiger partial charge is 0.131 e. The number of pyridine rings is 1. The van der Waals surface area contributed by atoms with Crippen molar-refractivity contribution in [2.75, 3.05) is 0 Å². The predicted octanol–water partition coefficient (Wildman–Crippen LogP) is 3.65. The number of benzene rings is 1. The van der Waals surface area contributed by atoms with Gasteiger partial charge in [-0.05, 0) is 36.8 Å². The summed E-state index contributed by atoms with van der Waals surface area (Å²) in [6, 6.07) is 10.9. The molecule has 1 heterocycles. The van der Waals surface area contributed by atoms with Gasteiger partial charge in [-0.15, -0.1) is 0 Å². The highest BCUT2D eigenvalue weighted by Gasteiger charge is 2.06.